The van der Waals surface area contributed by atoms with Gasteiger partial charge in [0.2, 0.25) is 11.0 Å². The van der Waals surface area contributed by atoms with Gasteiger partial charge in [0, 0.05) is 6.54 Å². The molecule has 1 heterocycles. The van der Waals surface area contributed by atoms with Crippen molar-refractivity contribution in [3.05, 3.63) is 5.51 Å². The first-order valence-corrected chi connectivity index (χ1v) is 5.92. The molecule has 0 bridgehead atoms. The Balaban J connectivity index is 2.06. The molecule has 1 saturated carbocycles. The molecule has 1 aromatic rings. The van der Waals surface area contributed by atoms with Gasteiger partial charge in [-0.1, -0.05) is 24.2 Å². The van der Waals surface area contributed by atoms with Gasteiger partial charge < -0.3 is 11.1 Å². The number of amides is 1. The maximum Gasteiger partial charge on any atom is 0.233 e. The summed E-state index contributed by atoms with van der Waals surface area (Å²) in [4.78, 5) is 12.0. The van der Waals surface area contributed by atoms with E-state index < -0.39 is 0 Å². The first kappa shape index (κ1) is 10.5. The molecular formula is C9H14N4OS. The zero-order valence-electron chi connectivity index (χ0n) is 8.40. The van der Waals surface area contributed by atoms with Crippen LogP contribution in [0, 0.1) is 5.41 Å². The van der Waals surface area contributed by atoms with Gasteiger partial charge in [0.05, 0.1) is 5.41 Å². The summed E-state index contributed by atoms with van der Waals surface area (Å²) in [6.45, 7) is 0.414. The third-order valence-corrected chi connectivity index (χ3v) is 3.62. The van der Waals surface area contributed by atoms with E-state index in [0.29, 0.717) is 11.7 Å². The van der Waals surface area contributed by atoms with Crippen LogP contribution in [0.25, 0.3) is 0 Å². The third-order valence-electron chi connectivity index (χ3n) is 3.01. The molecule has 1 fully saturated rings. The third kappa shape index (κ3) is 2.00. The van der Waals surface area contributed by atoms with Crippen LogP contribution in [0.2, 0.25) is 0 Å². The lowest BCUT2D eigenvalue weighted by Crippen LogP contribution is -2.40. The SMILES string of the molecule is NCC1(C(=O)Nc2nncs2)CCCC1. The average Bonchev–Trinajstić information content (AvgIpc) is 2.87. The van der Waals surface area contributed by atoms with Gasteiger partial charge in [0.1, 0.15) is 5.51 Å². The van der Waals surface area contributed by atoms with Crippen LogP contribution in [0.15, 0.2) is 5.51 Å². The van der Waals surface area contributed by atoms with Gasteiger partial charge >= 0.3 is 0 Å². The van der Waals surface area contributed by atoms with E-state index in [0.717, 1.165) is 25.7 Å². The fourth-order valence-corrected chi connectivity index (χ4v) is 2.47. The molecule has 3 N–H and O–H groups in total. The fraction of sp³-hybridized carbons (Fsp3) is 0.667. The Hall–Kier alpha value is -1.01. The quantitative estimate of drug-likeness (QED) is 0.805. The number of carbonyl (C=O) groups excluding carboxylic acids is 1. The smallest absolute Gasteiger partial charge is 0.233 e. The number of hydrogen-bond donors (Lipinski definition) is 2. The molecule has 0 radical (unpaired) electrons. The van der Waals surface area contributed by atoms with E-state index in [9.17, 15) is 4.79 Å². The largest absolute Gasteiger partial charge is 0.329 e. The van der Waals surface area contributed by atoms with Crippen LogP contribution in [-0.4, -0.2) is 22.6 Å². The zero-order valence-corrected chi connectivity index (χ0v) is 9.22. The summed E-state index contributed by atoms with van der Waals surface area (Å²) in [5.41, 5.74) is 6.93. The number of hydrogen-bond acceptors (Lipinski definition) is 5. The van der Waals surface area contributed by atoms with Gasteiger partial charge in [-0.2, -0.15) is 0 Å². The van der Waals surface area contributed by atoms with Crippen LogP contribution < -0.4 is 11.1 Å². The molecule has 0 spiro atoms. The molecule has 82 valence electrons. The predicted octanol–water partition coefficient (Wildman–Crippen LogP) is 0.996. The van der Waals surface area contributed by atoms with Crippen LogP contribution in [0.3, 0.4) is 0 Å². The Morgan fingerprint density at radius 2 is 2.33 bits per heavy atom. The second kappa shape index (κ2) is 4.24. The van der Waals surface area contributed by atoms with Gasteiger partial charge in [-0.15, -0.1) is 10.2 Å². The fourth-order valence-electron chi connectivity index (χ4n) is 2.03. The topological polar surface area (TPSA) is 80.9 Å². The molecule has 1 aromatic heterocycles. The number of nitrogens with two attached hydrogens (primary N) is 1. The Morgan fingerprint density at radius 1 is 1.60 bits per heavy atom. The molecule has 0 atom stereocenters. The minimum absolute atomic E-state index is 0.000694. The van der Waals surface area contributed by atoms with Crippen molar-refractivity contribution < 1.29 is 4.79 Å². The minimum atomic E-state index is -0.369. The van der Waals surface area contributed by atoms with E-state index >= 15 is 0 Å². The van der Waals surface area contributed by atoms with Crippen LogP contribution >= 0.6 is 11.3 Å². The van der Waals surface area contributed by atoms with Crippen LogP contribution in [-0.2, 0) is 4.79 Å². The first-order chi connectivity index (χ1) is 7.27. The lowest BCUT2D eigenvalue weighted by atomic mass is 9.85. The lowest BCUT2D eigenvalue weighted by molar-refractivity contribution is -0.124. The molecule has 6 heteroatoms. The normalized spacial score (nSPS) is 19.0. The Morgan fingerprint density at radius 3 is 2.87 bits per heavy atom. The predicted molar refractivity (Wildman–Crippen MR) is 58.5 cm³/mol. The lowest BCUT2D eigenvalue weighted by Gasteiger charge is -2.24. The molecule has 0 unspecified atom stereocenters. The van der Waals surface area contributed by atoms with Gasteiger partial charge in [-0.3, -0.25) is 4.79 Å². The number of nitrogens with zero attached hydrogens (tertiary/aromatic N) is 2. The number of anilines is 1. The van der Waals surface area contributed by atoms with E-state index in [-0.39, 0.29) is 11.3 Å². The molecule has 0 aromatic carbocycles. The van der Waals surface area contributed by atoms with Crippen molar-refractivity contribution in [1.82, 2.24) is 10.2 Å². The van der Waals surface area contributed by atoms with Crippen molar-refractivity contribution in [3.63, 3.8) is 0 Å². The number of carbonyl (C=O) groups is 1. The first-order valence-electron chi connectivity index (χ1n) is 5.04. The van der Waals surface area contributed by atoms with Crippen LogP contribution in [0.4, 0.5) is 5.13 Å². The number of rotatable bonds is 3. The number of nitrogens with one attached hydrogen (secondary N) is 1. The minimum Gasteiger partial charge on any atom is -0.329 e. The molecule has 5 nitrogen and oxygen atoms in total. The highest BCUT2D eigenvalue weighted by molar-refractivity contribution is 7.13. The zero-order chi connectivity index (χ0) is 10.7. The van der Waals surface area contributed by atoms with Crippen molar-refractivity contribution >= 4 is 22.4 Å². The van der Waals surface area contributed by atoms with Gasteiger partial charge in [0.25, 0.3) is 0 Å². The Kier molecular flexibility index (Phi) is 2.97. The highest BCUT2D eigenvalue weighted by Gasteiger charge is 2.40. The summed E-state index contributed by atoms with van der Waals surface area (Å²) in [5, 5.41) is 10.8. The summed E-state index contributed by atoms with van der Waals surface area (Å²) in [6.07, 6.45) is 3.93. The van der Waals surface area contributed by atoms with Gasteiger partial charge in [-0.05, 0) is 12.8 Å². The Bertz CT molecular complexity index is 332. The van der Waals surface area contributed by atoms with Crippen molar-refractivity contribution in [3.8, 4) is 0 Å². The maximum atomic E-state index is 12.0. The molecule has 0 saturated heterocycles. The van der Waals surface area contributed by atoms with E-state index in [1.807, 2.05) is 0 Å². The van der Waals surface area contributed by atoms with Crippen molar-refractivity contribution in [2.75, 3.05) is 11.9 Å². The molecule has 15 heavy (non-hydrogen) atoms. The molecular weight excluding hydrogens is 212 g/mol. The highest BCUT2D eigenvalue weighted by Crippen LogP contribution is 2.38. The average molecular weight is 226 g/mol. The molecule has 2 rings (SSSR count). The van der Waals surface area contributed by atoms with Crippen molar-refractivity contribution in [2.24, 2.45) is 11.1 Å². The monoisotopic (exact) mass is 226 g/mol. The van der Waals surface area contributed by atoms with E-state index in [4.69, 9.17) is 5.73 Å². The van der Waals surface area contributed by atoms with Crippen LogP contribution in [0.1, 0.15) is 25.7 Å². The van der Waals surface area contributed by atoms with Crippen molar-refractivity contribution in [2.45, 2.75) is 25.7 Å². The summed E-state index contributed by atoms with van der Waals surface area (Å²) in [7, 11) is 0. The number of aromatic nitrogens is 2. The molecule has 0 aliphatic heterocycles. The summed E-state index contributed by atoms with van der Waals surface area (Å²) in [5.74, 6) is -0.000694. The highest BCUT2D eigenvalue weighted by atomic mass is 32.1. The van der Waals surface area contributed by atoms with E-state index in [1.165, 1.54) is 11.3 Å². The van der Waals surface area contributed by atoms with Gasteiger partial charge in [-0.25, -0.2) is 0 Å². The molecule has 1 amide bonds. The molecule has 1 aliphatic carbocycles. The Labute approximate surface area is 92.1 Å². The van der Waals surface area contributed by atoms with E-state index in [1.54, 1.807) is 5.51 Å². The molecule has 1 aliphatic rings. The van der Waals surface area contributed by atoms with Crippen molar-refractivity contribution in [1.29, 1.82) is 0 Å². The second-order valence-electron chi connectivity index (χ2n) is 3.89. The summed E-state index contributed by atoms with van der Waals surface area (Å²) >= 11 is 1.32. The second-order valence-corrected chi connectivity index (χ2v) is 4.72. The summed E-state index contributed by atoms with van der Waals surface area (Å²) < 4.78 is 0. The van der Waals surface area contributed by atoms with Crippen LogP contribution in [0.5, 0.6) is 0 Å². The standard InChI is InChI=1S/C9H14N4OS/c10-5-9(3-1-2-4-9)7(14)12-8-13-11-6-15-8/h6H,1-5,10H2,(H,12,13,14). The van der Waals surface area contributed by atoms with Gasteiger partial charge in [0.15, 0.2) is 0 Å². The van der Waals surface area contributed by atoms with E-state index in [2.05, 4.69) is 15.5 Å². The maximum absolute atomic E-state index is 12.0. The summed E-state index contributed by atoms with van der Waals surface area (Å²) in [6, 6.07) is 0.